The molecule has 1 saturated carbocycles. The van der Waals surface area contributed by atoms with Crippen molar-refractivity contribution in [2.45, 2.75) is 44.5 Å². The van der Waals surface area contributed by atoms with Gasteiger partial charge in [0, 0.05) is 21.5 Å². The minimum absolute atomic E-state index is 0.0324. The van der Waals surface area contributed by atoms with Gasteiger partial charge < -0.3 is 5.32 Å². The van der Waals surface area contributed by atoms with Gasteiger partial charge in [0.05, 0.1) is 11.3 Å². The molecule has 0 radical (unpaired) electrons. The van der Waals surface area contributed by atoms with Crippen LogP contribution in [-0.4, -0.2) is 30.6 Å². The molecule has 1 amide bonds. The van der Waals surface area contributed by atoms with Crippen molar-refractivity contribution in [1.82, 2.24) is 5.32 Å². The normalized spacial score (nSPS) is 16.1. The summed E-state index contributed by atoms with van der Waals surface area (Å²) in [6, 6.07) is 8.43. The SMILES string of the molecule is Cc1cc(C(/C=C/c2ccc(C(=O)CC3(C(=O)NCC(F)(F)F)CC3)c(Br)c2)C(F)(F)F)ccc1Cl. The number of benzene rings is 2. The Morgan fingerprint density at radius 2 is 1.78 bits per heavy atom. The van der Waals surface area contributed by atoms with E-state index < -0.39 is 41.9 Å². The Balaban J connectivity index is 1.74. The van der Waals surface area contributed by atoms with E-state index in [0.29, 0.717) is 33.5 Å². The minimum atomic E-state index is -4.56. The Hall–Kier alpha value is -2.33. The van der Waals surface area contributed by atoms with Gasteiger partial charge in [-0.25, -0.2) is 0 Å². The number of amides is 1. The number of ketones is 1. The van der Waals surface area contributed by atoms with Crippen molar-refractivity contribution in [2.75, 3.05) is 6.54 Å². The van der Waals surface area contributed by atoms with Gasteiger partial charge in [-0.15, -0.1) is 0 Å². The molecule has 0 spiro atoms. The Kier molecular flexibility index (Phi) is 8.30. The maximum Gasteiger partial charge on any atom is 0.405 e. The van der Waals surface area contributed by atoms with Crippen LogP contribution in [0.15, 0.2) is 46.9 Å². The first-order valence-electron chi connectivity index (χ1n) is 10.8. The van der Waals surface area contributed by atoms with Gasteiger partial charge >= 0.3 is 12.4 Å². The average molecular weight is 597 g/mol. The molecular formula is C25H21BrClF6NO2. The topological polar surface area (TPSA) is 46.2 Å². The Morgan fingerprint density at radius 1 is 1.11 bits per heavy atom. The van der Waals surface area contributed by atoms with E-state index in [9.17, 15) is 35.9 Å². The van der Waals surface area contributed by atoms with Crippen LogP contribution in [0, 0.1) is 12.3 Å². The molecule has 0 aliphatic heterocycles. The number of hydrogen-bond donors (Lipinski definition) is 1. The van der Waals surface area contributed by atoms with Crippen molar-refractivity contribution in [3.05, 3.63) is 74.2 Å². The summed E-state index contributed by atoms with van der Waals surface area (Å²) in [4.78, 5) is 25.0. The first-order chi connectivity index (χ1) is 16.6. The van der Waals surface area contributed by atoms with Gasteiger partial charge in [-0.05, 0) is 54.7 Å². The number of carbonyl (C=O) groups is 2. The van der Waals surface area contributed by atoms with Gasteiger partial charge in [0.2, 0.25) is 5.91 Å². The number of halogens is 8. The van der Waals surface area contributed by atoms with Crippen LogP contribution in [0.2, 0.25) is 5.02 Å². The predicted molar refractivity (Wildman–Crippen MR) is 128 cm³/mol. The Bertz CT molecular complexity index is 1190. The maximum absolute atomic E-state index is 13.7. The molecule has 3 rings (SSSR count). The van der Waals surface area contributed by atoms with E-state index in [0.717, 1.165) is 6.08 Å². The number of aryl methyl sites for hydroxylation is 1. The van der Waals surface area contributed by atoms with Gasteiger partial charge in [0.15, 0.2) is 5.78 Å². The number of carbonyl (C=O) groups excluding carboxylic acids is 2. The molecule has 3 nitrogen and oxygen atoms in total. The molecule has 1 atom stereocenters. The third-order valence-corrected chi connectivity index (χ3v) is 7.03. The highest BCUT2D eigenvalue weighted by Gasteiger charge is 2.51. The van der Waals surface area contributed by atoms with Crippen molar-refractivity contribution in [3.63, 3.8) is 0 Å². The van der Waals surface area contributed by atoms with E-state index in [1.807, 2.05) is 5.32 Å². The second-order valence-corrected chi connectivity index (χ2v) is 10.1. The maximum atomic E-state index is 13.7. The van der Waals surface area contributed by atoms with Crippen LogP contribution in [0.4, 0.5) is 26.3 Å². The standard InChI is InChI=1S/C25H21BrClF6NO2/c1-14-10-16(4-7-20(14)27)18(25(31,32)33)6-3-15-2-5-17(19(26)11-15)21(35)12-23(8-9-23)22(36)34-13-24(28,29)30/h2-7,10-11,18H,8-9,12-13H2,1H3,(H,34,36)/b6-3+. The second-order valence-electron chi connectivity index (χ2n) is 8.80. The van der Waals surface area contributed by atoms with E-state index in [-0.39, 0.29) is 17.5 Å². The van der Waals surface area contributed by atoms with Crippen LogP contribution in [-0.2, 0) is 4.79 Å². The molecule has 11 heteroatoms. The molecule has 0 aromatic heterocycles. The lowest BCUT2D eigenvalue weighted by atomic mass is 9.93. The first-order valence-corrected chi connectivity index (χ1v) is 12.0. The number of rotatable bonds is 8. The predicted octanol–water partition coefficient (Wildman–Crippen LogP) is 7.80. The smallest absolute Gasteiger partial charge is 0.346 e. The lowest BCUT2D eigenvalue weighted by Gasteiger charge is -2.18. The average Bonchev–Trinajstić information content (AvgIpc) is 3.53. The quantitative estimate of drug-likeness (QED) is 0.250. The number of nitrogens with one attached hydrogen (secondary N) is 1. The van der Waals surface area contributed by atoms with Gasteiger partial charge in [-0.3, -0.25) is 9.59 Å². The summed E-state index contributed by atoms with van der Waals surface area (Å²) in [5.74, 6) is -3.15. The number of allylic oxidation sites excluding steroid dienone is 1. The van der Waals surface area contributed by atoms with Crippen molar-refractivity contribution in [3.8, 4) is 0 Å². The summed E-state index contributed by atoms with van der Waals surface area (Å²) >= 11 is 9.16. The monoisotopic (exact) mass is 595 g/mol. The van der Waals surface area contributed by atoms with Crippen LogP contribution < -0.4 is 5.32 Å². The molecular weight excluding hydrogens is 576 g/mol. The minimum Gasteiger partial charge on any atom is -0.346 e. The van der Waals surface area contributed by atoms with Crippen molar-refractivity contribution in [1.29, 1.82) is 0 Å². The molecule has 194 valence electrons. The third kappa shape index (κ3) is 7.12. The largest absolute Gasteiger partial charge is 0.405 e. The molecule has 0 saturated heterocycles. The molecule has 0 bridgehead atoms. The van der Waals surface area contributed by atoms with Crippen molar-refractivity contribution in [2.24, 2.45) is 5.41 Å². The number of hydrogen-bond acceptors (Lipinski definition) is 2. The summed E-state index contributed by atoms with van der Waals surface area (Å²) < 4.78 is 78.6. The number of Topliss-reactive ketones (excluding diaryl/α,β-unsaturated/α-hetero) is 1. The fourth-order valence-corrected chi connectivity index (χ4v) is 4.48. The zero-order chi connectivity index (χ0) is 26.9. The molecule has 2 aromatic rings. The summed E-state index contributed by atoms with van der Waals surface area (Å²) in [6.07, 6.45) is -6.48. The highest BCUT2D eigenvalue weighted by Crippen LogP contribution is 2.50. The van der Waals surface area contributed by atoms with E-state index in [4.69, 9.17) is 11.6 Å². The Labute approximate surface area is 217 Å². The van der Waals surface area contributed by atoms with Crippen molar-refractivity contribution < 1.29 is 35.9 Å². The lowest BCUT2D eigenvalue weighted by molar-refractivity contribution is -0.141. The fourth-order valence-electron chi connectivity index (χ4n) is 3.74. The molecule has 1 aliphatic rings. The van der Waals surface area contributed by atoms with E-state index >= 15 is 0 Å². The van der Waals surface area contributed by atoms with Crippen molar-refractivity contribution >= 4 is 45.3 Å². The third-order valence-electron chi connectivity index (χ3n) is 5.95. The van der Waals surface area contributed by atoms with Gasteiger partial charge in [0.25, 0.3) is 0 Å². The van der Waals surface area contributed by atoms with E-state index in [1.54, 1.807) is 6.92 Å². The first kappa shape index (κ1) is 28.2. The highest BCUT2D eigenvalue weighted by atomic mass is 79.9. The summed E-state index contributed by atoms with van der Waals surface area (Å²) in [5, 5.41) is 2.19. The van der Waals surface area contributed by atoms with Crippen LogP contribution in [0.25, 0.3) is 6.08 Å². The van der Waals surface area contributed by atoms with Gasteiger partial charge in [-0.2, -0.15) is 26.3 Å². The van der Waals surface area contributed by atoms with Crippen LogP contribution in [0.3, 0.4) is 0 Å². The zero-order valence-electron chi connectivity index (χ0n) is 18.9. The zero-order valence-corrected chi connectivity index (χ0v) is 21.2. The second kappa shape index (κ2) is 10.6. The van der Waals surface area contributed by atoms with Crippen LogP contribution >= 0.6 is 27.5 Å². The van der Waals surface area contributed by atoms with E-state index in [1.165, 1.54) is 42.5 Å². The molecule has 1 aliphatic carbocycles. The van der Waals surface area contributed by atoms with E-state index in [2.05, 4.69) is 15.9 Å². The van der Waals surface area contributed by atoms with Crippen LogP contribution in [0.5, 0.6) is 0 Å². The fraction of sp³-hybridized carbons (Fsp3) is 0.360. The summed E-state index contributed by atoms with van der Waals surface area (Å²) in [5.41, 5.74) is -0.0464. The van der Waals surface area contributed by atoms with Gasteiger partial charge in [-0.1, -0.05) is 57.9 Å². The molecule has 1 fully saturated rings. The molecule has 1 N–H and O–H groups in total. The molecule has 2 aromatic carbocycles. The lowest BCUT2D eigenvalue weighted by Crippen LogP contribution is -2.39. The molecule has 0 heterocycles. The highest BCUT2D eigenvalue weighted by molar-refractivity contribution is 9.10. The summed E-state index contributed by atoms with van der Waals surface area (Å²) in [7, 11) is 0. The Morgan fingerprint density at radius 3 is 2.31 bits per heavy atom. The molecule has 36 heavy (non-hydrogen) atoms. The van der Waals surface area contributed by atoms with Gasteiger partial charge in [0.1, 0.15) is 6.54 Å². The van der Waals surface area contributed by atoms with Crippen LogP contribution in [0.1, 0.15) is 52.2 Å². The molecule has 1 unspecified atom stereocenters. The number of alkyl halides is 6. The summed E-state index contributed by atoms with van der Waals surface area (Å²) in [6.45, 7) is 0.141.